The molecule has 1 fully saturated rings. The Bertz CT molecular complexity index is 247. The zero-order chi connectivity index (χ0) is 12.9. The zero-order valence-corrected chi connectivity index (χ0v) is 12.9. The summed E-state index contributed by atoms with van der Waals surface area (Å²) in [6, 6.07) is 0. The van der Waals surface area contributed by atoms with E-state index >= 15 is 0 Å². The van der Waals surface area contributed by atoms with Gasteiger partial charge in [-0.2, -0.15) is 0 Å². The Hall–Kier alpha value is -0.320. The molecule has 1 heterocycles. The van der Waals surface area contributed by atoms with Crippen LogP contribution in [0.2, 0.25) is 0 Å². The summed E-state index contributed by atoms with van der Waals surface area (Å²) in [5.74, 6) is 0.234. The number of hydrogen-bond acceptors (Lipinski definition) is 3. The molecule has 108 valence electrons. The summed E-state index contributed by atoms with van der Waals surface area (Å²) in [7, 11) is 0. The third kappa shape index (κ3) is 6.03. The van der Waals surface area contributed by atoms with Crippen molar-refractivity contribution >= 4 is 18.3 Å². The number of amides is 1. The van der Waals surface area contributed by atoms with Crippen molar-refractivity contribution in [2.45, 2.75) is 27.7 Å². The number of nitrogens with zero attached hydrogens (tertiary/aromatic N) is 1. The minimum absolute atomic E-state index is 0. The van der Waals surface area contributed by atoms with Crippen LogP contribution in [-0.2, 0) is 4.79 Å². The molecule has 0 bridgehead atoms. The van der Waals surface area contributed by atoms with Gasteiger partial charge in [0.1, 0.15) is 0 Å². The van der Waals surface area contributed by atoms with Crippen molar-refractivity contribution in [2.24, 2.45) is 11.3 Å². The minimum Gasteiger partial charge on any atom is -0.355 e. The van der Waals surface area contributed by atoms with E-state index in [0.717, 1.165) is 39.3 Å². The molecule has 2 N–H and O–H groups in total. The topological polar surface area (TPSA) is 44.4 Å². The molecule has 1 atom stereocenters. The normalized spacial score (nSPS) is 18.9. The molecule has 1 rings (SSSR count). The lowest BCUT2D eigenvalue weighted by atomic mass is 9.81. The Morgan fingerprint density at radius 1 is 1.33 bits per heavy atom. The lowest BCUT2D eigenvalue weighted by Gasteiger charge is -2.29. The van der Waals surface area contributed by atoms with Gasteiger partial charge in [0.2, 0.25) is 5.91 Å². The Morgan fingerprint density at radius 2 is 1.89 bits per heavy atom. The second-order valence-electron chi connectivity index (χ2n) is 5.97. The third-order valence-electron chi connectivity index (χ3n) is 3.63. The van der Waals surface area contributed by atoms with Crippen LogP contribution in [0.1, 0.15) is 27.7 Å². The van der Waals surface area contributed by atoms with Crippen LogP contribution in [0.5, 0.6) is 0 Å². The van der Waals surface area contributed by atoms with E-state index in [2.05, 4.69) is 36.3 Å². The summed E-state index contributed by atoms with van der Waals surface area (Å²) in [5.41, 5.74) is 0.0408. The maximum Gasteiger partial charge on any atom is 0.223 e. The van der Waals surface area contributed by atoms with Crippen LogP contribution >= 0.6 is 12.4 Å². The molecule has 18 heavy (non-hydrogen) atoms. The number of carbonyl (C=O) groups is 1. The predicted molar refractivity (Wildman–Crippen MR) is 78.2 cm³/mol. The minimum atomic E-state index is 0. The van der Waals surface area contributed by atoms with Crippen molar-refractivity contribution in [3.8, 4) is 0 Å². The van der Waals surface area contributed by atoms with Gasteiger partial charge < -0.3 is 10.6 Å². The molecule has 1 aliphatic rings. The van der Waals surface area contributed by atoms with Crippen molar-refractivity contribution in [3.63, 3.8) is 0 Å². The van der Waals surface area contributed by atoms with Crippen LogP contribution in [-0.4, -0.2) is 50.1 Å². The van der Waals surface area contributed by atoms with Crippen LogP contribution in [0.25, 0.3) is 0 Å². The van der Waals surface area contributed by atoms with Gasteiger partial charge in [0, 0.05) is 45.2 Å². The van der Waals surface area contributed by atoms with E-state index < -0.39 is 0 Å². The highest BCUT2D eigenvalue weighted by Crippen LogP contribution is 2.25. The van der Waals surface area contributed by atoms with Crippen molar-refractivity contribution < 1.29 is 4.79 Å². The van der Waals surface area contributed by atoms with E-state index in [-0.39, 0.29) is 29.6 Å². The second kappa shape index (κ2) is 7.97. The molecule has 5 heteroatoms. The van der Waals surface area contributed by atoms with Gasteiger partial charge in [-0.05, 0) is 5.41 Å². The monoisotopic (exact) mass is 277 g/mol. The molecule has 4 nitrogen and oxygen atoms in total. The number of rotatable bonds is 4. The highest BCUT2D eigenvalue weighted by molar-refractivity contribution is 5.85. The molecule has 0 aromatic rings. The van der Waals surface area contributed by atoms with Gasteiger partial charge >= 0.3 is 0 Å². The van der Waals surface area contributed by atoms with Gasteiger partial charge in [-0.1, -0.05) is 27.7 Å². The molecule has 0 radical (unpaired) electrons. The van der Waals surface area contributed by atoms with Gasteiger partial charge in [-0.3, -0.25) is 9.69 Å². The average Bonchev–Trinajstić information content (AvgIpc) is 2.28. The van der Waals surface area contributed by atoms with Crippen LogP contribution in [0, 0.1) is 11.3 Å². The number of piperazine rings is 1. The largest absolute Gasteiger partial charge is 0.355 e. The molecule has 0 aromatic heterocycles. The highest BCUT2D eigenvalue weighted by Gasteiger charge is 2.26. The summed E-state index contributed by atoms with van der Waals surface area (Å²) in [4.78, 5) is 14.3. The fourth-order valence-corrected chi connectivity index (χ4v) is 1.82. The molecule has 0 aliphatic carbocycles. The van der Waals surface area contributed by atoms with E-state index in [4.69, 9.17) is 0 Å². The molecule has 0 aromatic carbocycles. The van der Waals surface area contributed by atoms with Gasteiger partial charge in [0.15, 0.2) is 0 Å². The molecule has 1 saturated heterocycles. The average molecular weight is 278 g/mol. The van der Waals surface area contributed by atoms with E-state index in [9.17, 15) is 4.79 Å². The van der Waals surface area contributed by atoms with Crippen molar-refractivity contribution in [1.82, 2.24) is 15.5 Å². The Morgan fingerprint density at radius 3 is 2.39 bits per heavy atom. The maximum atomic E-state index is 11.9. The maximum absolute atomic E-state index is 11.9. The van der Waals surface area contributed by atoms with Gasteiger partial charge in [0.05, 0.1) is 0 Å². The van der Waals surface area contributed by atoms with E-state index in [1.165, 1.54) is 0 Å². The Balaban J connectivity index is 0.00000289. The van der Waals surface area contributed by atoms with Gasteiger partial charge in [0.25, 0.3) is 0 Å². The quantitative estimate of drug-likeness (QED) is 0.809. The standard InChI is InChI=1S/C13H27N3O.ClH/c1-11(13(2,3)4)12(17)15-7-10-16-8-5-14-6-9-16;/h11,14H,5-10H2,1-4H3,(H,15,17);1H. The summed E-state index contributed by atoms with van der Waals surface area (Å²) >= 11 is 0. The van der Waals surface area contributed by atoms with Crippen molar-refractivity contribution in [1.29, 1.82) is 0 Å². The summed E-state index contributed by atoms with van der Waals surface area (Å²) < 4.78 is 0. The van der Waals surface area contributed by atoms with Crippen LogP contribution in [0.4, 0.5) is 0 Å². The zero-order valence-electron chi connectivity index (χ0n) is 12.1. The van der Waals surface area contributed by atoms with E-state index in [1.54, 1.807) is 0 Å². The molecule has 1 amide bonds. The summed E-state index contributed by atoms with van der Waals surface area (Å²) in [6.45, 7) is 14.3. The molecule has 0 saturated carbocycles. The first-order chi connectivity index (χ1) is 7.91. The number of nitrogens with one attached hydrogen (secondary N) is 2. The van der Waals surface area contributed by atoms with Gasteiger partial charge in [-0.25, -0.2) is 0 Å². The molecular formula is C13H28ClN3O. The Labute approximate surface area is 117 Å². The lowest BCUT2D eigenvalue weighted by Crippen LogP contribution is -2.47. The molecule has 1 unspecified atom stereocenters. The SMILES string of the molecule is CC(C(=O)NCCN1CCNCC1)C(C)(C)C.Cl. The first kappa shape index (κ1) is 17.7. The predicted octanol–water partition coefficient (Wildman–Crippen LogP) is 1.11. The number of hydrogen-bond donors (Lipinski definition) is 2. The first-order valence-corrected chi connectivity index (χ1v) is 6.62. The van der Waals surface area contributed by atoms with Crippen molar-refractivity contribution in [3.05, 3.63) is 0 Å². The van der Waals surface area contributed by atoms with E-state index in [1.807, 2.05) is 6.92 Å². The fraction of sp³-hybridized carbons (Fsp3) is 0.923. The van der Waals surface area contributed by atoms with Crippen LogP contribution in [0.15, 0.2) is 0 Å². The van der Waals surface area contributed by atoms with Gasteiger partial charge in [-0.15, -0.1) is 12.4 Å². The fourth-order valence-electron chi connectivity index (χ4n) is 1.82. The smallest absolute Gasteiger partial charge is 0.223 e. The molecule has 1 aliphatic heterocycles. The Kier molecular flexibility index (Phi) is 7.83. The molecule has 0 spiro atoms. The van der Waals surface area contributed by atoms with Crippen LogP contribution < -0.4 is 10.6 Å². The second-order valence-corrected chi connectivity index (χ2v) is 5.97. The summed E-state index contributed by atoms with van der Waals surface area (Å²) in [6.07, 6.45) is 0. The first-order valence-electron chi connectivity index (χ1n) is 6.62. The number of halogens is 1. The third-order valence-corrected chi connectivity index (χ3v) is 3.63. The molecular weight excluding hydrogens is 250 g/mol. The summed E-state index contributed by atoms with van der Waals surface area (Å²) in [5, 5.41) is 6.36. The highest BCUT2D eigenvalue weighted by atomic mass is 35.5. The van der Waals surface area contributed by atoms with E-state index in [0.29, 0.717) is 0 Å². The lowest BCUT2D eigenvalue weighted by molar-refractivity contribution is -0.127. The van der Waals surface area contributed by atoms with Crippen molar-refractivity contribution in [2.75, 3.05) is 39.3 Å². The van der Waals surface area contributed by atoms with Crippen LogP contribution in [0.3, 0.4) is 0 Å². The number of carbonyl (C=O) groups excluding carboxylic acids is 1.